The largest absolute Gasteiger partial charge is 0.497 e. The summed E-state index contributed by atoms with van der Waals surface area (Å²) in [6.45, 7) is 0. The Hall–Kier alpha value is -1.77. The van der Waals surface area contributed by atoms with Crippen molar-refractivity contribution in [3.05, 3.63) is 36.2 Å². The molecule has 0 aliphatic rings. The Morgan fingerprint density at radius 2 is 2.23 bits per heavy atom. The van der Waals surface area contributed by atoms with Crippen molar-refractivity contribution >= 4 is 11.8 Å². The van der Waals surface area contributed by atoms with Gasteiger partial charge in [0.15, 0.2) is 6.29 Å². The molecule has 0 bridgehead atoms. The summed E-state index contributed by atoms with van der Waals surface area (Å²) >= 11 is 0. The standard InChI is InChI=1S/C10H9NO2/c1-13-10-4-5-11-8(6-10)2-3-9(11)7-12/h2-7H,1H3. The van der Waals surface area contributed by atoms with Crippen molar-refractivity contribution < 1.29 is 9.53 Å². The lowest BCUT2D eigenvalue weighted by Crippen LogP contribution is -1.90. The number of hydrogen-bond acceptors (Lipinski definition) is 2. The van der Waals surface area contributed by atoms with Gasteiger partial charge < -0.3 is 9.14 Å². The number of carbonyl (C=O) groups is 1. The highest BCUT2D eigenvalue weighted by molar-refractivity contribution is 5.76. The minimum Gasteiger partial charge on any atom is -0.497 e. The smallest absolute Gasteiger partial charge is 0.166 e. The molecule has 3 nitrogen and oxygen atoms in total. The molecule has 0 spiro atoms. The highest BCUT2D eigenvalue weighted by Gasteiger charge is 2.00. The number of pyridine rings is 1. The molecule has 13 heavy (non-hydrogen) atoms. The molecule has 2 heterocycles. The fraction of sp³-hybridized carbons (Fsp3) is 0.100. The maximum atomic E-state index is 10.6. The van der Waals surface area contributed by atoms with Crippen LogP contribution >= 0.6 is 0 Å². The van der Waals surface area contributed by atoms with E-state index in [-0.39, 0.29) is 0 Å². The van der Waals surface area contributed by atoms with Gasteiger partial charge in [-0.25, -0.2) is 0 Å². The second kappa shape index (κ2) is 2.94. The highest BCUT2D eigenvalue weighted by atomic mass is 16.5. The van der Waals surface area contributed by atoms with Crippen LogP contribution in [-0.4, -0.2) is 17.8 Å². The summed E-state index contributed by atoms with van der Waals surface area (Å²) in [4.78, 5) is 10.6. The predicted molar refractivity (Wildman–Crippen MR) is 49.3 cm³/mol. The average molecular weight is 175 g/mol. The first-order valence-corrected chi connectivity index (χ1v) is 3.95. The number of aldehydes is 1. The van der Waals surface area contributed by atoms with Crippen molar-refractivity contribution in [3.8, 4) is 5.75 Å². The third-order valence-corrected chi connectivity index (χ3v) is 2.02. The zero-order valence-electron chi connectivity index (χ0n) is 7.23. The van der Waals surface area contributed by atoms with E-state index in [1.807, 2.05) is 28.8 Å². The van der Waals surface area contributed by atoms with Crippen LogP contribution in [0, 0.1) is 0 Å². The van der Waals surface area contributed by atoms with E-state index in [0.717, 1.165) is 17.6 Å². The predicted octanol–water partition coefficient (Wildman–Crippen LogP) is 1.76. The topological polar surface area (TPSA) is 30.7 Å². The Kier molecular flexibility index (Phi) is 1.77. The Labute approximate surface area is 75.6 Å². The van der Waals surface area contributed by atoms with Crippen LogP contribution in [0.5, 0.6) is 5.75 Å². The summed E-state index contributed by atoms with van der Waals surface area (Å²) in [5, 5.41) is 0. The zero-order chi connectivity index (χ0) is 9.26. The molecule has 0 unspecified atom stereocenters. The van der Waals surface area contributed by atoms with E-state index in [1.54, 1.807) is 13.2 Å². The van der Waals surface area contributed by atoms with E-state index in [4.69, 9.17) is 4.74 Å². The minimum absolute atomic E-state index is 0.651. The molecular weight excluding hydrogens is 166 g/mol. The number of fused-ring (bicyclic) bond motifs is 1. The molecule has 0 aromatic carbocycles. The Morgan fingerprint density at radius 3 is 2.92 bits per heavy atom. The molecule has 0 N–H and O–H groups in total. The molecule has 2 rings (SSSR count). The van der Waals surface area contributed by atoms with Crippen LogP contribution < -0.4 is 4.74 Å². The number of rotatable bonds is 2. The fourth-order valence-corrected chi connectivity index (χ4v) is 1.34. The molecule has 2 aromatic rings. The van der Waals surface area contributed by atoms with Crippen LogP contribution in [0.25, 0.3) is 5.52 Å². The van der Waals surface area contributed by atoms with Gasteiger partial charge >= 0.3 is 0 Å². The monoisotopic (exact) mass is 175 g/mol. The van der Waals surface area contributed by atoms with E-state index in [0.29, 0.717) is 5.69 Å². The minimum atomic E-state index is 0.651. The van der Waals surface area contributed by atoms with Crippen molar-refractivity contribution in [3.63, 3.8) is 0 Å². The number of aromatic nitrogens is 1. The Bertz CT molecular complexity index is 445. The summed E-state index contributed by atoms with van der Waals surface area (Å²) in [5.41, 5.74) is 1.61. The van der Waals surface area contributed by atoms with E-state index in [2.05, 4.69) is 0 Å². The summed E-state index contributed by atoms with van der Waals surface area (Å²) in [6, 6.07) is 7.36. The first-order valence-electron chi connectivity index (χ1n) is 3.95. The van der Waals surface area contributed by atoms with Gasteiger partial charge in [0.05, 0.1) is 12.8 Å². The van der Waals surface area contributed by atoms with Crippen LogP contribution in [-0.2, 0) is 0 Å². The van der Waals surface area contributed by atoms with Gasteiger partial charge in [-0.3, -0.25) is 4.79 Å². The Balaban J connectivity index is 2.67. The Morgan fingerprint density at radius 1 is 1.38 bits per heavy atom. The van der Waals surface area contributed by atoms with Crippen molar-refractivity contribution in [2.24, 2.45) is 0 Å². The number of hydrogen-bond donors (Lipinski definition) is 0. The lowest BCUT2D eigenvalue weighted by atomic mass is 10.4. The van der Waals surface area contributed by atoms with Gasteiger partial charge in [0.25, 0.3) is 0 Å². The number of ether oxygens (including phenoxy) is 1. The summed E-state index contributed by atoms with van der Waals surface area (Å²) in [5.74, 6) is 0.794. The van der Waals surface area contributed by atoms with Crippen LogP contribution in [0.3, 0.4) is 0 Å². The second-order valence-electron chi connectivity index (χ2n) is 2.74. The van der Waals surface area contributed by atoms with Crippen molar-refractivity contribution in [1.29, 1.82) is 0 Å². The normalized spacial score (nSPS) is 10.2. The van der Waals surface area contributed by atoms with E-state index >= 15 is 0 Å². The van der Waals surface area contributed by atoms with Gasteiger partial charge in [0.2, 0.25) is 0 Å². The second-order valence-corrected chi connectivity index (χ2v) is 2.74. The maximum absolute atomic E-state index is 10.6. The lowest BCUT2D eigenvalue weighted by Gasteiger charge is -2.00. The van der Waals surface area contributed by atoms with Gasteiger partial charge in [0.1, 0.15) is 5.75 Å². The van der Waals surface area contributed by atoms with Gasteiger partial charge in [-0.2, -0.15) is 0 Å². The molecule has 0 radical (unpaired) electrons. The third-order valence-electron chi connectivity index (χ3n) is 2.02. The van der Waals surface area contributed by atoms with Crippen LogP contribution in [0.4, 0.5) is 0 Å². The van der Waals surface area contributed by atoms with E-state index in [9.17, 15) is 4.79 Å². The molecule has 0 fully saturated rings. The highest BCUT2D eigenvalue weighted by Crippen LogP contribution is 2.16. The first-order chi connectivity index (χ1) is 6.35. The number of carbonyl (C=O) groups excluding carboxylic acids is 1. The van der Waals surface area contributed by atoms with E-state index < -0.39 is 0 Å². The molecule has 0 saturated heterocycles. The van der Waals surface area contributed by atoms with Gasteiger partial charge in [-0.15, -0.1) is 0 Å². The molecule has 0 atom stereocenters. The molecule has 66 valence electrons. The first kappa shape index (κ1) is 7.86. The van der Waals surface area contributed by atoms with Gasteiger partial charge in [-0.05, 0) is 18.2 Å². The molecule has 0 amide bonds. The molecule has 0 aliphatic heterocycles. The van der Waals surface area contributed by atoms with Crippen molar-refractivity contribution in [2.45, 2.75) is 0 Å². The van der Waals surface area contributed by atoms with Gasteiger partial charge in [0, 0.05) is 17.8 Å². The molecule has 2 aromatic heterocycles. The lowest BCUT2D eigenvalue weighted by molar-refractivity contribution is 0.111. The number of methoxy groups -OCH3 is 1. The number of nitrogens with zero attached hydrogens (tertiary/aromatic N) is 1. The van der Waals surface area contributed by atoms with Crippen LogP contribution in [0.15, 0.2) is 30.5 Å². The molecule has 3 heteroatoms. The zero-order valence-corrected chi connectivity index (χ0v) is 7.23. The quantitative estimate of drug-likeness (QED) is 0.651. The SMILES string of the molecule is COc1ccn2c(C=O)ccc2c1. The molecular formula is C10H9NO2. The molecule has 0 saturated carbocycles. The summed E-state index contributed by atoms with van der Waals surface area (Å²) in [7, 11) is 1.62. The van der Waals surface area contributed by atoms with Crippen LogP contribution in [0.1, 0.15) is 10.5 Å². The van der Waals surface area contributed by atoms with E-state index in [1.165, 1.54) is 0 Å². The summed E-state index contributed by atoms with van der Waals surface area (Å²) < 4.78 is 6.88. The van der Waals surface area contributed by atoms with Crippen molar-refractivity contribution in [2.75, 3.05) is 7.11 Å². The fourth-order valence-electron chi connectivity index (χ4n) is 1.34. The van der Waals surface area contributed by atoms with Gasteiger partial charge in [-0.1, -0.05) is 0 Å². The third kappa shape index (κ3) is 1.18. The van der Waals surface area contributed by atoms with Crippen LogP contribution in [0.2, 0.25) is 0 Å². The summed E-state index contributed by atoms with van der Waals surface area (Å²) in [6.07, 6.45) is 2.65. The average Bonchev–Trinajstić information content (AvgIpc) is 2.59. The van der Waals surface area contributed by atoms with Crippen molar-refractivity contribution in [1.82, 2.24) is 4.40 Å². The molecule has 0 aliphatic carbocycles. The maximum Gasteiger partial charge on any atom is 0.166 e.